The molecule has 0 saturated carbocycles. The Labute approximate surface area is 131 Å². The normalized spacial score (nSPS) is 11.0. The summed E-state index contributed by atoms with van der Waals surface area (Å²) in [4.78, 5) is 16.6. The second-order valence-corrected chi connectivity index (χ2v) is 5.23. The third-order valence-corrected chi connectivity index (χ3v) is 3.68. The van der Waals surface area contributed by atoms with Crippen molar-refractivity contribution in [1.82, 2.24) is 14.8 Å². The third kappa shape index (κ3) is 2.23. The number of pyridine rings is 1. The molecule has 23 heavy (non-hydrogen) atoms. The van der Waals surface area contributed by atoms with Gasteiger partial charge in [-0.15, -0.1) is 0 Å². The molecule has 0 bridgehead atoms. The topological polar surface area (TPSA) is 60.9 Å². The Morgan fingerprint density at radius 1 is 1.09 bits per heavy atom. The van der Waals surface area contributed by atoms with Crippen LogP contribution >= 0.6 is 0 Å². The van der Waals surface area contributed by atoms with E-state index in [1.807, 2.05) is 43.3 Å². The van der Waals surface area contributed by atoms with Crippen molar-refractivity contribution in [3.8, 4) is 17.0 Å². The Balaban J connectivity index is 2.03. The molecule has 0 radical (unpaired) electrons. The van der Waals surface area contributed by atoms with Crippen LogP contribution in [0.25, 0.3) is 28.1 Å². The zero-order valence-electron chi connectivity index (χ0n) is 12.4. The first-order valence-electron chi connectivity index (χ1n) is 7.23. The number of hydrogen-bond acceptors (Lipinski definition) is 4. The highest BCUT2D eigenvalue weighted by Gasteiger charge is 2.16. The van der Waals surface area contributed by atoms with Gasteiger partial charge < -0.3 is 4.42 Å². The molecule has 0 atom stereocenters. The lowest BCUT2D eigenvalue weighted by Crippen LogP contribution is -2.02. The van der Waals surface area contributed by atoms with Gasteiger partial charge in [0, 0.05) is 24.0 Å². The molecule has 5 nitrogen and oxygen atoms in total. The van der Waals surface area contributed by atoms with Crippen molar-refractivity contribution in [1.29, 1.82) is 0 Å². The van der Waals surface area contributed by atoms with Crippen molar-refractivity contribution in [2.45, 2.75) is 6.92 Å². The van der Waals surface area contributed by atoms with E-state index in [2.05, 4.69) is 10.1 Å². The lowest BCUT2D eigenvalue weighted by Gasteiger charge is -2.04. The number of hydrogen-bond donors (Lipinski definition) is 0. The minimum absolute atomic E-state index is 0.107. The van der Waals surface area contributed by atoms with Gasteiger partial charge in [-0.2, -0.15) is 9.78 Å². The maximum atomic E-state index is 12.5. The van der Waals surface area contributed by atoms with Crippen LogP contribution in [-0.2, 0) is 0 Å². The van der Waals surface area contributed by atoms with Crippen molar-refractivity contribution >= 4 is 11.1 Å². The highest BCUT2D eigenvalue weighted by molar-refractivity contribution is 5.79. The fourth-order valence-electron chi connectivity index (χ4n) is 2.60. The largest absolute Gasteiger partial charge is 0.437 e. The van der Waals surface area contributed by atoms with E-state index in [-0.39, 0.29) is 5.43 Å². The number of rotatable bonds is 2. The summed E-state index contributed by atoms with van der Waals surface area (Å²) < 4.78 is 7.65. The van der Waals surface area contributed by atoms with Gasteiger partial charge in [0.15, 0.2) is 5.43 Å². The van der Waals surface area contributed by atoms with Crippen molar-refractivity contribution < 1.29 is 4.42 Å². The molecule has 0 aliphatic rings. The molecule has 3 heterocycles. The molecule has 4 aromatic rings. The second kappa shape index (κ2) is 5.21. The Morgan fingerprint density at radius 3 is 2.65 bits per heavy atom. The first-order chi connectivity index (χ1) is 11.2. The van der Waals surface area contributed by atoms with E-state index in [0.29, 0.717) is 22.6 Å². The van der Waals surface area contributed by atoms with Crippen LogP contribution in [0.15, 0.2) is 70.1 Å². The number of nitrogens with zero attached hydrogens (tertiary/aromatic N) is 3. The van der Waals surface area contributed by atoms with E-state index in [0.717, 1.165) is 11.3 Å². The first-order valence-corrected chi connectivity index (χ1v) is 7.23. The molecule has 0 fully saturated rings. The second-order valence-electron chi connectivity index (χ2n) is 5.23. The number of fused-ring (bicyclic) bond motifs is 1. The quantitative estimate of drug-likeness (QED) is 0.570. The SMILES string of the molecule is Cc1nn(-c2ccccc2)c2oc(-c3cccnc3)cc(=O)c12. The summed E-state index contributed by atoms with van der Waals surface area (Å²) in [6.45, 7) is 1.81. The van der Waals surface area contributed by atoms with Crippen LogP contribution in [0.3, 0.4) is 0 Å². The standard InChI is InChI=1S/C18H13N3O2/c1-12-17-15(22)10-16(13-6-5-9-19-11-13)23-18(17)21(20-12)14-7-3-2-4-8-14/h2-11H,1H3. The van der Waals surface area contributed by atoms with Crippen LogP contribution in [0, 0.1) is 6.92 Å². The highest BCUT2D eigenvalue weighted by Crippen LogP contribution is 2.24. The summed E-state index contributed by atoms with van der Waals surface area (Å²) >= 11 is 0. The molecular weight excluding hydrogens is 290 g/mol. The van der Waals surface area contributed by atoms with Crippen molar-refractivity contribution in [3.05, 3.63) is 76.8 Å². The zero-order valence-corrected chi connectivity index (χ0v) is 12.4. The average Bonchev–Trinajstić information content (AvgIpc) is 2.94. The van der Waals surface area contributed by atoms with Gasteiger partial charge in [0.25, 0.3) is 0 Å². The molecule has 0 N–H and O–H groups in total. The van der Waals surface area contributed by atoms with Gasteiger partial charge >= 0.3 is 0 Å². The van der Waals surface area contributed by atoms with Crippen LogP contribution in [-0.4, -0.2) is 14.8 Å². The third-order valence-electron chi connectivity index (χ3n) is 3.68. The van der Waals surface area contributed by atoms with Gasteiger partial charge in [0.1, 0.15) is 11.1 Å². The minimum atomic E-state index is -0.107. The van der Waals surface area contributed by atoms with Gasteiger partial charge in [-0.25, -0.2) is 0 Å². The molecule has 4 rings (SSSR count). The van der Waals surface area contributed by atoms with Gasteiger partial charge in [0.05, 0.1) is 11.4 Å². The van der Waals surface area contributed by atoms with Gasteiger partial charge in [0.2, 0.25) is 5.71 Å². The Morgan fingerprint density at radius 2 is 1.91 bits per heavy atom. The van der Waals surface area contributed by atoms with Crippen LogP contribution in [0.4, 0.5) is 0 Å². The van der Waals surface area contributed by atoms with E-state index in [1.54, 1.807) is 23.1 Å². The summed E-state index contributed by atoms with van der Waals surface area (Å²) in [7, 11) is 0. The van der Waals surface area contributed by atoms with E-state index < -0.39 is 0 Å². The van der Waals surface area contributed by atoms with Crippen LogP contribution in [0.1, 0.15) is 5.69 Å². The van der Waals surface area contributed by atoms with Crippen molar-refractivity contribution in [3.63, 3.8) is 0 Å². The van der Waals surface area contributed by atoms with Gasteiger partial charge in [-0.1, -0.05) is 18.2 Å². The Kier molecular flexibility index (Phi) is 3.05. The summed E-state index contributed by atoms with van der Waals surface area (Å²) in [5, 5.41) is 4.96. The van der Waals surface area contributed by atoms with Crippen LogP contribution in [0.2, 0.25) is 0 Å². The number of benzene rings is 1. The Bertz CT molecular complexity index is 1030. The minimum Gasteiger partial charge on any atom is -0.437 e. The highest BCUT2D eigenvalue weighted by atomic mass is 16.3. The monoisotopic (exact) mass is 303 g/mol. The summed E-state index contributed by atoms with van der Waals surface area (Å²) in [6, 6.07) is 14.8. The molecule has 0 spiro atoms. The lowest BCUT2D eigenvalue weighted by atomic mass is 10.2. The maximum Gasteiger partial charge on any atom is 0.234 e. The fourth-order valence-corrected chi connectivity index (χ4v) is 2.60. The van der Waals surface area contributed by atoms with Crippen LogP contribution in [0.5, 0.6) is 0 Å². The summed E-state index contributed by atoms with van der Waals surface area (Å²) in [5.41, 5.74) is 2.59. The van der Waals surface area contributed by atoms with E-state index in [4.69, 9.17) is 4.42 Å². The summed E-state index contributed by atoms with van der Waals surface area (Å²) in [6.07, 6.45) is 3.35. The van der Waals surface area contributed by atoms with E-state index in [1.165, 1.54) is 6.07 Å². The Hall–Kier alpha value is -3.21. The molecule has 0 aliphatic carbocycles. The molecular formula is C18H13N3O2. The molecule has 0 amide bonds. The zero-order chi connectivity index (χ0) is 15.8. The lowest BCUT2D eigenvalue weighted by molar-refractivity contribution is 0.586. The first kappa shape index (κ1) is 13.5. The average molecular weight is 303 g/mol. The molecule has 0 unspecified atom stereocenters. The molecule has 5 heteroatoms. The predicted octanol–water partition coefficient (Wildman–Crippen LogP) is 3.35. The molecule has 112 valence electrons. The maximum absolute atomic E-state index is 12.5. The summed E-state index contributed by atoms with van der Waals surface area (Å²) in [5.74, 6) is 0.479. The van der Waals surface area contributed by atoms with Crippen LogP contribution < -0.4 is 5.43 Å². The number of para-hydroxylation sites is 1. The fraction of sp³-hybridized carbons (Fsp3) is 0.0556. The molecule has 0 aliphatic heterocycles. The smallest absolute Gasteiger partial charge is 0.234 e. The molecule has 0 saturated heterocycles. The molecule has 3 aromatic heterocycles. The van der Waals surface area contributed by atoms with E-state index >= 15 is 0 Å². The van der Waals surface area contributed by atoms with Crippen molar-refractivity contribution in [2.24, 2.45) is 0 Å². The van der Waals surface area contributed by atoms with E-state index in [9.17, 15) is 4.79 Å². The van der Waals surface area contributed by atoms with Crippen molar-refractivity contribution in [2.75, 3.05) is 0 Å². The number of aromatic nitrogens is 3. The van der Waals surface area contributed by atoms with Gasteiger partial charge in [-0.3, -0.25) is 9.78 Å². The predicted molar refractivity (Wildman–Crippen MR) is 87.6 cm³/mol. The van der Waals surface area contributed by atoms with Gasteiger partial charge in [-0.05, 0) is 31.2 Å². The number of aryl methyl sites for hydroxylation is 1. The molecule has 1 aromatic carbocycles.